The van der Waals surface area contributed by atoms with E-state index in [0.29, 0.717) is 12.3 Å². The topological polar surface area (TPSA) is 23.8 Å². The zero-order valence-electron chi connectivity index (χ0n) is 9.84. The maximum atomic E-state index is 13.2. The summed E-state index contributed by atoms with van der Waals surface area (Å²) < 4.78 is 14.1. The second-order valence-corrected chi connectivity index (χ2v) is 6.01. The standard InChI is InChI=1S/C14H15BrFN/c1-10-4-5-14(7-10,9-17)8-11-6-12(16)2-3-13(11)15/h2-3,6,10H,4-5,7-8H2,1H3. The van der Waals surface area contributed by atoms with E-state index in [9.17, 15) is 9.65 Å². The van der Waals surface area contributed by atoms with E-state index in [2.05, 4.69) is 28.9 Å². The van der Waals surface area contributed by atoms with Crippen LogP contribution in [0.25, 0.3) is 0 Å². The van der Waals surface area contributed by atoms with Crippen molar-refractivity contribution in [2.45, 2.75) is 32.6 Å². The van der Waals surface area contributed by atoms with Crippen LogP contribution < -0.4 is 0 Å². The highest BCUT2D eigenvalue weighted by atomic mass is 79.9. The van der Waals surface area contributed by atoms with E-state index in [4.69, 9.17) is 0 Å². The molecule has 0 amide bonds. The lowest BCUT2D eigenvalue weighted by Crippen LogP contribution is -2.18. The predicted octanol–water partition coefficient (Wildman–Crippen LogP) is 4.46. The first-order chi connectivity index (χ1) is 8.04. The Morgan fingerprint density at radius 3 is 2.94 bits per heavy atom. The number of nitrogens with zero attached hydrogens (tertiary/aromatic N) is 1. The molecule has 0 heterocycles. The SMILES string of the molecule is CC1CCC(C#N)(Cc2cc(F)ccc2Br)C1. The fourth-order valence-electron chi connectivity index (χ4n) is 2.74. The van der Waals surface area contributed by atoms with Crippen molar-refractivity contribution in [2.24, 2.45) is 11.3 Å². The van der Waals surface area contributed by atoms with Crippen LogP contribution in [0.3, 0.4) is 0 Å². The fourth-order valence-corrected chi connectivity index (χ4v) is 3.13. The molecule has 3 heteroatoms. The molecule has 1 aliphatic carbocycles. The molecule has 90 valence electrons. The lowest BCUT2D eigenvalue weighted by Gasteiger charge is -2.21. The van der Waals surface area contributed by atoms with Crippen molar-refractivity contribution in [3.05, 3.63) is 34.1 Å². The molecule has 17 heavy (non-hydrogen) atoms. The predicted molar refractivity (Wildman–Crippen MR) is 68.9 cm³/mol. The Hall–Kier alpha value is -0.880. The molecule has 2 unspecified atom stereocenters. The average molecular weight is 296 g/mol. The van der Waals surface area contributed by atoms with Crippen molar-refractivity contribution in [2.75, 3.05) is 0 Å². The Balaban J connectivity index is 2.25. The number of halogens is 2. The molecule has 0 saturated heterocycles. The van der Waals surface area contributed by atoms with Gasteiger partial charge in [-0.2, -0.15) is 5.26 Å². The summed E-state index contributed by atoms with van der Waals surface area (Å²) in [6, 6.07) is 7.14. The van der Waals surface area contributed by atoms with Gasteiger partial charge in [0.2, 0.25) is 0 Å². The third-order valence-corrected chi connectivity index (χ3v) is 4.40. The normalized spacial score (nSPS) is 28.0. The van der Waals surface area contributed by atoms with E-state index in [1.165, 1.54) is 12.1 Å². The van der Waals surface area contributed by atoms with Gasteiger partial charge in [0, 0.05) is 4.47 Å². The molecule has 1 nitrogen and oxygen atoms in total. The van der Waals surface area contributed by atoms with Crippen molar-refractivity contribution >= 4 is 15.9 Å². The van der Waals surface area contributed by atoms with Gasteiger partial charge in [0.1, 0.15) is 5.82 Å². The Labute approximate surface area is 110 Å². The smallest absolute Gasteiger partial charge is 0.123 e. The van der Waals surface area contributed by atoms with Gasteiger partial charge in [-0.3, -0.25) is 0 Å². The van der Waals surface area contributed by atoms with Crippen molar-refractivity contribution < 1.29 is 4.39 Å². The number of hydrogen-bond acceptors (Lipinski definition) is 1. The first-order valence-electron chi connectivity index (χ1n) is 5.90. The van der Waals surface area contributed by atoms with Crippen LogP contribution >= 0.6 is 15.9 Å². The van der Waals surface area contributed by atoms with E-state index >= 15 is 0 Å². The summed E-state index contributed by atoms with van der Waals surface area (Å²) in [7, 11) is 0. The Morgan fingerprint density at radius 2 is 2.35 bits per heavy atom. The van der Waals surface area contributed by atoms with Crippen LogP contribution in [0.4, 0.5) is 4.39 Å². The van der Waals surface area contributed by atoms with Crippen LogP contribution in [0.5, 0.6) is 0 Å². The first kappa shape index (κ1) is 12.6. The van der Waals surface area contributed by atoms with Gasteiger partial charge in [-0.25, -0.2) is 4.39 Å². The lowest BCUT2D eigenvalue weighted by atomic mass is 9.81. The van der Waals surface area contributed by atoms with Gasteiger partial charge in [0.25, 0.3) is 0 Å². The second kappa shape index (κ2) is 4.78. The average Bonchev–Trinajstić information content (AvgIpc) is 2.66. The number of benzene rings is 1. The molecular weight excluding hydrogens is 281 g/mol. The first-order valence-corrected chi connectivity index (χ1v) is 6.69. The number of rotatable bonds is 2. The number of hydrogen-bond donors (Lipinski definition) is 0. The molecule has 1 aromatic carbocycles. The van der Waals surface area contributed by atoms with Crippen LogP contribution in [0, 0.1) is 28.5 Å². The summed E-state index contributed by atoms with van der Waals surface area (Å²) in [5.74, 6) is 0.365. The Morgan fingerprint density at radius 1 is 1.59 bits per heavy atom. The van der Waals surface area contributed by atoms with E-state index in [1.54, 1.807) is 6.07 Å². The van der Waals surface area contributed by atoms with Gasteiger partial charge in [-0.1, -0.05) is 22.9 Å². The highest BCUT2D eigenvalue weighted by Gasteiger charge is 2.38. The van der Waals surface area contributed by atoms with E-state index in [0.717, 1.165) is 29.3 Å². The van der Waals surface area contributed by atoms with Crippen molar-refractivity contribution in [3.63, 3.8) is 0 Å². The zero-order chi connectivity index (χ0) is 12.5. The highest BCUT2D eigenvalue weighted by Crippen LogP contribution is 2.44. The van der Waals surface area contributed by atoms with E-state index in [1.807, 2.05) is 0 Å². The summed E-state index contributed by atoms with van der Waals surface area (Å²) in [6.07, 6.45) is 3.59. The Kier molecular flexibility index (Phi) is 3.53. The minimum absolute atomic E-state index is 0.234. The third kappa shape index (κ3) is 2.69. The molecule has 0 N–H and O–H groups in total. The highest BCUT2D eigenvalue weighted by molar-refractivity contribution is 9.10. The molecule has 0 aliphatic heterocycles. The van der Waals surface area contributed by atoms with Crippen molar-refractivity contribution in [1.82, 2.24) is 0 Å². The minimum Gasteiger partial charge on any atom is -0.207 e. The molecule has 1 aromatic rings. The molecule has 1 aliphatic rings. The van der Waals surface area contributed by atoms with Crippen LogP contribution in [0.15, 0.2) is 22.7 Å². The largest absolute Gasteiger partial charge is 0.207 e. The summed E-state index contributed by atoms with van der Waals surface area (Å²) in [5, 5.41) is 9.40. The third-order valence-electron chi connectivity index (χ3n) is 3.63. The minimum atomic E-state index is -0.296. The molecule has 2 rings (SSSR count). The maximum absolute atomic E-state index is 13.2. The summed E-state index contributed by atoms with van der Waals surface area (Å²) in [4.78, 5) is 0. The van der Waals surface area contributed by atoms with Crippen LogP contribution in [0.1, 0.15) is 31.7 Å². The quantitative estimate of drug-likeness (QED) is 0.790. The Bertz CT molecular complexity index is 466. The molecular formula is C14H15BrFN. The van der Waals surface area contributed by atoms with E-state index in [-0.39, 0.29) is 11.2 Å². The molecule has 2 atom stereocenters. The van der Waals surface area contributed by atoms with Crippen LogP contribution in [0.2, 0.25) is 0 Å². The fraction of sp³-hybridized carbons (Fsp3) is 0.500. The van der Waals surface area contributed by atoms with Gasteiger partial charge >= 0.3 is 0 Å². The second-order valence-electron chi connectivity index (χ2n) is 5.15. The van der Waals surface area contributed by atoms with Crippen LogP contribution in [-0.2, 0) is 6.42 Å². The molecule has 0 radical (unpaired) electrons. The van der Waals surface area contributed by atoms with E-state index < -0.39 is 0 Å². The molecule has 1 fully saturated rings. The molecule has 1 saturated carbocycles. The van der Waals surface area contributed by atoms with Gasteiger partial charge < -0.3 is 0 Å². The van der Waals surface area contributed by atoms with Gasteiger partial charge in [0.05, 0.1) is 11.5 Å². The number of nitriles is 1. The monoisotopic (exact) mass is 295 g/mol. The molecule has 0 aromatic heterocycles. The summed E-state index contributed by atoms with van der Waals surface area (Å²) in [6.45, 7) is 2.18. The van der Waals surface area contributed by atoms with Gasteiger partial charge in [-0.05, 0) is 55.4 Å². The summed E-state index contributed by atoms with van der Waals surface area (Å²) in [5.41, 5.74) is 0.607. The van der Waals surface area contributed by atoms with Crippen molar-refractivity contribution in [3.8, 4) is 6.07 Å². The van der Waals surface area contributed by atoms with Gasteiger partial charge in [0.15, 0.2) is 0 Å². The van der Waals surface area contributed by atoms with Crippen LogP contribution in [-0.4, -0.2) is 0 Å². The molecule has 0 spiro atoms. The zero-order valence-corrected chi connectivity index (χ0v) is 11.4. The molecule has 0 bridgehead atoms. The van der Waals surface area contributed by atoms with Gasteiger partial charge in [-0.15, -0.1) is 0 Å². The maximum Gasteiger partial charge on any atom is 0.123 e. The summed E-state index contributed by atoms with van der Waals surface area (Å²) >= 11 is 3.43. The van der Waals surface area contributed by atoms with Crippen molar-refractivity contribution in [1.29, 1.82) is 5.26 Å². The lowest BCUT2D eigenvalue weighted by molar-refractivity contribution is 0.390.